The molecule has 4 heteroatoms. The van der Waals surface area contributed by atoms with Gasteiger partial charge >= 0.3 is 0 Å². The summed E-state index contributed by atoms with van der Waals surface area (Å²) >= 11 is 0. The minimum Gasteiger partial charge on any atom is -0.507 e. The van der Waals surface area contributed by atoms with E-state index in [-0.39, 0.29) is 5.75 Å². The standard InChI is InChI=1S/C31H25N3O/c1-19-10-13-29-25(16-19)24-11-12-28(26-17-20(2)15-21(3)30(26)35)33-31(24)34(29)23-8-6-7-22(18-23)27-9-4-5-14-32-27/h4-18,35H,1-3H3. The van der Waals surface area contributed by atoms with E-state index < -0.39 is 0 Å². The summed E-state index contributed by atoms with van der Waals surface area (Å²) in [5, 5.41) is 13.1. The van der Waals surface area contributed by atoms with Gasteiger partial charge in [-0.15, -0.1) is 0 Å². The molecule has 6 rings (SSSR count). The second-order valence-corrected chi connectivity index (χ2v) is 9.17. The third kappa shape index (κ3) is 3.55. The molecule has 0 amide bonds. The van der Waals surface area contributed by atoms with E-state index in [1.807, 2.05) is 56.4 Å². The van der Waals surface area contributed by atoms with Crippen LogP contribution in [0.3, 0.4) is 0 Å². The molecule has 1 N–H and O–H groups in total. The topological polar surface area (TPSA) is 50.9 Å². The Morgan fingerprint density at radius 2 is 1.60 bits per heavy atom. The Bertz CT molecular complexity index is 1730. The van der Waals surface area contributed by atoms with Gasteiger partial charge in [-0.3, -0.25) is 9.55 Å². The number of fused-ring (bicyclic) bond motifs is 3. The van der Waals surface area contributed by atoms with Crippen LogP contribution < -0.4 is 0 Å². The average molecular weight is 456 g/mol. The first kappa shape index (κ1) is 21.1. The van der Waals surface area contributed by atoms with Gasteiger partial charge in [0.2, 0.25) is 0 Å². The van der Waals surface area contributed by atoms with Crippen LogP contribution in [-0.4, -0.2) is 19.6 Å². The van der Waals surface area contributed by atoms with Crippen LogP contribution in [0.1, 0.15) is 16.7 Å². The fourth-order valence-corrected chi connectivity index (χ4v) is 4.91. The van der Waals surface area contributed by atoms with E-state index in [2.05, 4.69) is 65.0 Å². The number of phenolic OH excluding ortho intramolecular Hbond substituents is 1. The molecule has 0 unspecified atom stereocenters. The van der Waals surface area contributed by atoms with Crippen LogP contribution >= 0.6 is 0 Å². The second kappa shape index (κ2) is 8.10. The van der Waals surface area contributed by atoms with E-state index in [0.717, 1.165) is 61.3 Å². The maximum Gasteiger partial charge on any atom is 0.146 e. The second-order valence-electron chi connectivity index (χ2n) is 9.17. The highest BCUT2D eigenvalue weighted by atomic mass is 16.3. The van der Waals surface area contributed by atoms with Crippen molar-refractivity contribution in [2.45, 2.75) is 20.8 Å². The molecule has 0 aliphatic rings. The Morgan fingerprint density at radius 3 is 2.43 bits per heavy atom. The van der Waals surface area contributed by atoms with Gasteiger partial charge in [0.1, 0.15) is 11.4 Å². The first-order valence-corrected chi connectivity index (χ1v) is 11.7. The number of rotatable bonds is 3. The maximum atomic E-state index is 10.8. The number of aromatic nitrogens is 3. The number of hydrogen-bond acceptors (Lipinski definition) is 3. The molecule has 0 saturated carbocycles. The van der Waals surface area contributed by atoms with Crippen molar-refractivity contribution in [2.24, 2.45) is 0 Å². The van der Waals surface area contributed by atoms with E-state index in [0.29, 0.717) is 0 Å². The van der Waals surface area contributed by atoms with Crippen LogP contribution in [0.2, 0.25) is 0 Å². The van der Waals surface area contributed by atoms with Crippen LogP contribution in [0.4, 0.5) is 0 Å². The van der Waals surface area contributed by atoms with Gasteiger partial charge in [-0.2, -0.15) is 0 Å². The molecule has 0 spiro atoms. The van der Waals surface area contributed by atoms with E-state index in [4.69, 9.17) is 4.98 Å². The van der Waals surface area contributed by atoms with Crippen LogP contribution in [-0.2, 0) is 0 Å². The molecule has 3 aromatic carbocycles. The Labute approximate surface area is 204 Å². The van der Waals surface area contributed by atoms with Gasteiger partial charge in [0, 0.05) is 33.8 Å². The summed E-state index contributed by atoms with van der Waals surface area (Å²) in [5.74, 6) is 0.276. The summed E-state index contributed by atoms with van der Waals surface area (Å²) < 4.78 is 2.21. The van der Waals surface area contributed by atoms with Crippen LogP contribution in [0, 0.1) is 20.8 Å². The minimum absolute atomic E-state index is 0.276. The van der Waals surface area contributed by atoms with Gasteiger partial charge in [0.25, 0.3) is 0 Å². The largest absolute Gasteiger partial charge is 0.507 e. The van der Waals surface area contributed by atoms with Crippen molar-refractivity contribution in [1.82, 2.24) is 14.5 Å². The number of benzene rings is 3. The number of nitrogens with zero attached hydrogens (tertiary/aromatic N) is 3. The van der Waals surface area contributed by atoms with Crippen LogP contribution in [0.25, 0.3) is 50.1 Å². The van der Waals surface area contributed by atoms with Crippen LogP contribution in [0.15, 0.2) is 91.1 Å². The highest BCUT2D eigenvalue weighted by Crippen LogP contribution is 2.37. The molecule has 3 aromatic heterocycles. The molecule has 0 radical (unpaired) electrons. The van der Waals surface area contributed by atoms with Crippen molar-refractivity contribution in [1.29, 1.82) is 0 Å². The zero-order chi connectivity index (χ0) is 24.1. The average Bonchev–Trinajstić information content (AvgIpc) is 3.19. The number of aromatic hydroxyl groups is 1. The van der Waals surface area contributed by atoms with E-state index >= 15 is 0 Å². The Balaban J connectivity index is 1.65. The number of pyridine rings is 2. The summed E-state index contributed by atoms with van der Waals surface area (Å²) in [4.78, 5) is 9.66. The third-order valence-corrected chi connectivity index (χ3v) is 6.56. The van der Waals surface area contributed by atoms with Crippen molar-refractivity contribution in [3.05, 3.63) is 108 Å². The fourth-order valence-electron chi connectivity index (χ4n) is 4.91. The molecule has 0 aliphatic heterocycles. The molecule has 170 valence electrons. The van der Waals surface area contributed by atoms with E-state index in [1.165, 1.54) is 5.56 Å². The molecule has 3 heterocycles. The Morgan fingerprint density at radius 1 is 0.714 bits per heavy atom. The lowest BCUT2D eigenvalue weighted by atomic mass is 10.0. The Kier molecular flexibility index (Phi) is 4.89. The zero-order valence-electron chi connectivity index (χ0n) is 19.9. The predicted octanol–water partition coefficient (Wildman–Crippen LogP) is 7.54. The molecule has 0 aliphatic carbocycles. The fraction of sp³-hybridized carbons (Fsp3) is 0.0968. The van der Waals surface area contributed by atoms with Gasteiger partial charge in [0.05, 0.1) is 16.9 Å². The lowest BCUT2D eigenvalue weighted by Crippen LogP contribution is -1.97. The van der Waals surface area contributed by atoms with Gasteiger partial charge < -0.3 is 5.11 Å². The van der Waals surface area contributed by atoms with Crippen molar-refractivity contribution in [3.8, 4) is 34.0 Å². The Hall–Kier alpha value is -4.44. The van der Waals surface area contributed by atoms with Crippen molar-refractivity contribution in [3.63, 3.8) is 0 Å². The minimum atomic E-state index is 0.276. The maximum absolute atomic E-state index is 10.8. The van der Waals surface area contributed by atoms with Gasteiger partial charge in [-0.1, -0.05) is 35.9 Å². The number of aryl methyl sites for hydroxylation is 3. The summed E-state index contributed by atoms with van der Waals surface area (Å²) in [6.45, 7) is 6.07. The first-order valence-electron chi connectivity index (χ1n) is 11.7. The number of hydrogen-bond donors (Lipinski definition) is 1. The van der Waals surface area contributed by atoms with E-state index in [9.17, 15) is 5.11 Å². The summed E-state index contributed by atoms with van der Waals surface area (Å²) in [5.41, 5.74) is 9.60. The molecular formula is C31H25N3O. The van der Waals surface area contributed by atoms with Gasteiger partial charge in [-0.25, -0.2) is 4.98 Å². The molecule has 0 atom stereocenters. The summed E-state index contributed by atoms with van der Waals surface area (Å²) in [6.07, 6.45) is 1.81. The number of phenols is 1. The van der Waals surface area contributed by atoms with E-state index in [1.54, 1.807) is 0 Å². The normalized spacial score (nSPS) is 11.4. The van der Waals surface area contributed by atoms with Gasteiger partial charge in [-0.05, 0) is 86.5 Å². The third-order valence-electron chi connectivity index (χ3n) is 6.56. The molecular weight excluding hydrogens is 430 g/mol. The van der Waals surface area contributed by atoms with Crippen molar-refractivity contribution in [2.75, 3.05) is 0 Å². The SMILES string of the molecule is Cc1cc(C)c(O)c(-c2ccc3c4cc(C)ccc4n(-c4cccc(-c5ccccn5)c4)c3n2)c1. The molecule has 6 aromatic rings. The summed E-state index contributed by atoms with van der Waals surface area (Å²) in [6, 6.07) is 29.0. The monoisotopic (exact) mass is 455 g/mol. The zero-order valence-corrected chi connectivity index (χ0v) is 19.9. The smallest absolute Gasteiger partial charge is 0.146 e. The van der Waals surface area contributed by atoms with Crippen molar-refractivity contribution >= 4 is 21.9 Å². The quantitative estimate of drug-likeness (QED) is 0.300. The van der Waals surface area contributed by atoms with Crippen molar-refractivity contribution < 1.29 is 5.11 Å². The highest BCUT2D eigenvalue weighted by molar-refractivity contribution is 6.08. The highest BCUT2D eigenvalue weighted by Gasteiger charge is 2.17. The lowest BCUT2D eigenvalue weighted by Gasteiger charge is -2.11. The first-order chi connectivity index (χ1) is 17.0. The molecule has 35 heavy (non-hydrogen) atoms. The predicted molar refractivity (Wildman–Crippen MR) is 143 cm³/mol. The molecule has 0 bridgehead atoms. The van der Waals surface area contributed by atoms with Crippen LogP contribution in [0.5, 0.6) is 5.75 Å². The molecule has 0 saturated heterocycles. The molecule has 4 nitrogen and oxygen atoms in total. The molecule has 0 fully saturated rings. The van der Waals surface area contributed by atoms with Gasteiger partial charge in [0.15, 0.2) is 0 Å². The summed E-state index contributed by atoms with van der Waals surface area (Å²) in [7, 11) is 0. The lowest BCUT2D eigenvalue weighted by molar-refractivity contribution is 0.473.